The molecule has 0 aromatic heterocycles. The van der Waals surface area contributed by atoms with Crippen molar-refractivity contribution < 1.29 is 22.0 Å². The first-order chi connectivity index (χ1) is 8.84. The Bertz CT molecular complexity index is 604. The Kier molecular flexibility index (Phi) is 3.55. The molecule has 0 bridgehead atoms. The Balaban J connectivity index is 2.49. The largest absolute Gasteiger partial charge is 0.350 e. The third kappa shape index (κ3) is 2.45. The van der Waals surface area contributed by atoms with E-state index in [9.17, 15) is 22.0 Å². The predicted octanol–water partition coefficient (Wildman–Crippen LogP) is 1.38. The van der Waals surface area contributed by atoms with Crippen molar-refractivity contribution in [1.82, 2.24) is 4.31 Å². The number of rotatable bonds is 2. The lowest BCUT2D eigenvalue weighted by Crippen LogP contribution is -2.45. The minimum Gasteiger partial charge on any atom is -0.324 e. The number of hydrogen-bond donors (Lipinski definition) is 1. The highest BCUT2D eigenvalue weighted by Crippen LogP contribution is 2.26. The van der Waals surface area contributed by atoms with Gasteiger partial charge in [0.1, 0.15) is 6.04 Å². The minimum absolute atomic E-state index is 0.261. The molecule has 1 N–H and O–H groups in total. The van der Waals surface area contributed by atoms with Gasteiger partial charge in [-0.15, -0.1) is 0 Å². The second-order valence-corrected chi connectivity index (χ2v) is 6.03. The third-order valence-electron chi connectivity index (χ3n) is 2.96. The predicted molar refractivity (Wildman–Crippen MR) is 65.0 cm³/mol. The average molecular weight is 290 g/mol. The van der Waals surface area contributed by atoms with Crippen LogP contribution in [0.2, 0.25) is 0 Å². The van der Waals surface area contributed by atoms with E-state index in [-0.39, 0.29) is 6.54 Å². The molecule has 104 valence electrons. The zero-order chi connectivity index (χ0) is 14.2. The molecule has 1 amide bonds. The number of benzene rings is 1. The van der Waals surface area contributed by atoms with E-state index in [4.69, 9.17) is 0 Å². The molecule has 0 radical (unpaired) electrons. The molecule has 2 rings (SSSR count). The first-order valence-corrected chi connectivity index (χ1v) is 7.02. The van der Waals surface area contributed by atoms with Gasteiger partial charge < -0.3 is 5.32 Å². The normalized spacial score (nSPS) is 20.8. The van der Waals surface area contributed by atoms with Crippen molar-refractivity contribution >= 4 is 21.6 Å². The van der Waals surface area contributed by atoms with Gasteiger partial charge in [-0.2, -0.15) is 13.1 Å². The number of sulfonamides is 1. The van der Waals surface area contributed by atoms with Gasteiger partial charge in [-0.3, -0.25) is 4.79 Å². The molecule has 1 heterocycles. The maximum Gasteiger partial charge on any atom is 0.350 e. The SMILES string of the molecule is CC1C(=O)Nc2ccccc2CN1S(=O)(=O)C(F)F. The molecule has 0 spiro atoms. The van der Waals surface area contributed by atoms with Gasteiger partial charge in [0.2, 0.25) is 5.91 Å². The van der Waals surface area contributed by atoms with Crippen LogP contribution in [0.25, 0.3) is 0 Å². The summed E-state index contributed by atoms with van der Waals surface area (Å²) >= 11 is 0. The number of amides is 1. The number of fused-ring (bicyclic) bond motifs is 1. The van der Waals surface area contributed by atoms with Crippen LogP contribution in [-0.2, 0) is 21.4 Å². The van der Waals surface area contributed by atoms with E-state index >= 15 is 0 Å². The molecule has 0 fully saturated rings. The number of halogens is 2. The van der Waals surface area contributed by atoms with Gasteiger partial charge in [0.15, 0.2) is 0 Å². The lowest BCUT2D eigenvalue weighted by Gasteiger charge is -2.24. The van der Waals surface area contributed by atoms with Crippen LogP contribution < -0.4 is 5.32 Å². The number of carbonyl (C=O) groups is 1. The molecule has 5 nitrogen and oxygen atoms in total. The monoisotopic (exact) mass is 290 g/mol. The summed E-state index contributed by atoms with van der Waals surface area (Å²) in [6, 6.07) is 5.31. The van der Waals surface area contributed by atoms with Crippen molar-refractivity contribution in [2.45, 2.75) is 25.3 Å². The molecule has 0 saturated heterocycles. The van der Waals surface area contributed by atoms with Crippen molar-refractivity contribution in [3.05, 3.63) is 29.8 Å². The summed E-state index contributed by atoms with van der Waals surface area (Å²) in [6.45, 7) is 1.02. The molecule has 1 aliphatic rings. The standard InChI is InChI=1S/C11H12F2N2O3S/c1-7-10(16)14-9-5-3-2-4-8(9)6-15(7)19(17,18)11(12)13/h2-5,7,11H,6H2,1H3,(H,14,16). The number of nitrogens with zero attached hydrogens (tertiary/aromatic N) is 1. The number of alkyl halides is 2. The van der Waals surface area contributed by atoms with E-state index < -0.39 is 27.7 Å². The smallest absolute Gasteiger partial charge is 0.324 e. The summed E-state index contributed by atoms with van der Waals surface area (Å²) in [5.41, 5.74) is 0.913. The summed E-state index contributed by atoms with van der Waals surface area (Å²) in [4.78, 5) is 11.8. The number of hydrogen-bond acceptors (Lipinski definition) is 3. The molecular formula is C11H12F2N2O3S. The molecule has 8 heteroatoms. The first kappa shape index (κ1) is 13.9. The van der Waals surface area contributed by atoms with Crippen molar-refractivity contribution in [3.8, 4) is 0 Å². The van der Waals surface area contributed by atoms with Crippen LogP contribution in [0.5, 0.6) is 0 Å². The topological polar surface area (TPSA) is 66.5 Å². The fourth-order valence-corrected chi connectivity index (χ4v) is 2.93. The third-order valence-corrected chi connectivity index (χ3v) is 4.51. The zero-order valence-electron chi connectivity index (χ0n) is 10.0. The molecule has 1 atom stereocenters. The number of anilines is 1. The highest BCUT2D eigenvalue weighted by atomic mass is 32.2. The van der Waals surface area contributed by atoms with Gasteiger partial charge in [0.05, 0.1) is 0 Å². The van der Waals surface area contributed by atoms with Crippen molar-refractivity contribution in [1.29, 1.82) is 0 Å². The number of para-hydroxylation sites is 1. The highest BCUT2D eigenvalue weighted by molar-refractivity contribution is 7.89. The van der Waals surface area contributed by atoms with E-state index in [1.165, 1.54) is 6.92 Å². The Morgan fingerprint density at radius 2 is 2.00 bits per heavy atom. The summed E-state index contributed by atoms with van der Waals surface area (Å²) < 4.78 is 49.0. The lowest BCUT2D eigenvalue weighted by atomic mass is 10.2. The summed E-state index contributed by atoms with van der Waals surface area (Å²) in [6.07, 6.45) is 0. The molecule has 19 heavy (non-hydrogen) atoms. The van der Waals surface area contributed by atoms with Gasteiger partial charge in [0.25, 0.3) is 10.0 Å². The van der Waals surface area contributed by atoms with Crippen molar-refractivity contribution in [2.75, 3.05) is 5.32 Å². The van der Waals surface area contributed by atoms with E-state index in [0.717, 1.165) is 0 Å². The Labute approximate surface area is 109 Å². The van der Waals surface area contributed by atoms with Crippen LogP contribution in [0, 0.1) is 0 Å². The number of nitrogens with one attached hydrogen (secondary N) is 1. The molecule has 1 aromatic rings. The fourth-order valence-electron chi connectivity index (χ4n) is 1.87. The van der Waals surface area contributed by atoms with Gasteiger partial charge >= 0.3 is 5.76 Å². The van der Waals surface area contributed by atoms with Crippen LogP contribution >= 0.6 is 0 Å². The van der Waals surface area contributed by atoms with E-state index in [1.54, 1.807) is 24.3 Å². The van der Waals surface area contributed by atoms with Crippen LogP contribution in [0.3, 0.4) is 0 Å². The van der Waals surface area contributed by atoms with Gasteiger partial charge in [0, 0.05) is 12.2 Å². The minimum atomic E-state index is -4.81. The molecular weight excluding hydrogens is 278 g/mol. The molecule has 1 aliphatic heterocycles. The molecule has 0 aliphatic carbocycles. The maximum atomic E-state index is 12.6. The number of carbonyl (C=O) groups excluding carboxylic acids is 1. The van der Waals surface area contributed by atoms with Gasteiger partial charge in [-0.1, -0.05) is 18.2 Å². The maximum absolute atomic E-state index is 12.6. The lowest BCUT2D eigenvalue weighted by molar-refractivity contribution is -0.119. The quantitative estimate of drug-likeness (QED) is 0.895. The van der Waals surface area contributed by atoms with E-state index in [1.807, 2.05) is 0 Å². The second kappa shape index (κ2) is 4.86. The van der Waals surface area contributed by atoms with Crippen LogP contribution in [0.4, 0.5) is 14.5 Å². The summed E-state index contributed by atoms with van der Waals surface area (Å²) in [5.74, 6) is -4.18. The Morgan fingerprint density at radius 1 is 1.37 bits per heavy atom. The van der Waals surface area contributed by atoms with Gasteiger partial charge in [-0.05, 0) is 18.6 Å². The van der Waals surface area contributed by atoms with Crippen molar-refractivity contribution in [2.24, 2.45) is 0 Å². The molecule has 0 saturated carbocycles. The summed E-state index contributed by atoms with van der Waals surface area (Å²) in [5, 5.41) is 2.52. The van der Waals surface area contributed by atoms with Crippen molar-refractivity contribution in [3.63, 3.8) is 0 Å². The van der Waals surface area contributed by atoms with Gasteiger partial charge in [-0.25, -0.2) is 8.42 Å². The highest BCUT2D eigenvalue weighted by Gasteiger charge is 2.40. The Hall–Kier alpha value is -1.54. The average Bonchev–Trinajstić information content (AvgIpc) is 2.48. The fraction of sp³-hybridized carbons (Fsp3) is 0.364. The van der Waals surface area contributed by atoms with E-state index in [0.29, 0.717) is 15.6 Å². The molecule has 1 aromatic carbocycles. The van der Waals surface area contributed by atoms with E-state index in [2.05, 4.69) is 5.32 Å². The van der Waals surface area contributed by atoms with Crippen LogP contribution in [0.1, 0.15) is 12.5 Å². The molecule has 1 unspecified atom stereocenters. The zero-order valence-corrected chi connectivity index (χ0v) is 10.8. The van der Waals surface area contributed by atoms with Crippen LogP contribution in [0.15, 0.2) is 24.3 Å². The second-order valence-electron chi connectivity index (χ2n) is 4.17. The first-order valence-electron chi connectivity index (χ1n) is 5.51. The van der Waals surface area contributed by atoms with Crippen LogP contribution in [-0.4, -0.2) is 30.4 Å². The Morgan fingerprint density at radius 3 is 2.63 bits per heavy atom. The summed E-state index contributed by atoms with van der Waals surface area (Å²) in [7, 11) is -4.81.